The topological polar surface area (TPSA) is 42.9 Å². The Bertz CT molecular complexity index is 442. The number of carbonyl (C=O) groups excluding carboxylic acids is 1. The van der Waals surface area contributed by atoms with Crippen molar-refractivity contribution in [3.05, 3.63) is 42.2 Å². The molecule has 0 atom stereocenters. The van der Waals surface area contributed by atoms with Crippen molar-refractivity contribution in [2.75, 3.05) is 5.75 Å². The van der Waals surface area contributed by atoms with Crippen molar-refractivity contribution < 1.29 is 4.79 Å². The second-order valence-corrected chi connectivity index (χ2v) is 5.20. The van der Waals surface area contributed by atoms with Gasteiger partial charge in [-0.05, 0) is 17.1 Å². The van der Waals surface area contributed by atoms with Gasteiger partial charge in [-0.1, -0.05) is 42.1 Å². The molecule has 0 fully saturated rings. The van der Waals surface area contributed by atoms with Gasteiger partial charge in [-0.2, -0.15) is 4.37 Å². The number of ketones is 1. The summed E-state index contributed by atoms with van der Waals surface area (Å²) < 4.78 is 4.73. The first-order valence-electron chi connectivity index (χ1n) is 4.79. The lowest BCUT2D eigenvalue weighted by Crippen LogP contribution is -2.05. The molecule has 0 bridgehead atoms. The first kappa shape index (κ1) is 11.3. The normalized spacial score (nSPS) is 10.2. The number of rotatable bonds is 5. The molecular weight excluding hydrogens is 240 g/mol. The number of aromatic nitrogens is 2. The number of hydrogen-bond acceptors (Lipinski definition) is 5. The van der Waals surface area contributed by atoms with Crippen LogP contribution in [0.25, 0.3) is 0 Å². The molecule has 1 heterocycles. The predicted octanol–water partition coefficient (Wildman–Crippen LogP) is 2.44. The van der Waals surface area contributed by atoms with Crippen molar-refractivity contribution >= 4 is 29.1 Å². The van der Waals surface area contributed by atoms with E-state index in [4.69, 9.17) is 0 Å². The van der Waals surface area contributed by atoms with E-state index < -0.39 is 0 Å². The quantitative estimate of drug-likeness (QED) is 0.764. The Labute approximate surface area is 102 Å². The molecule has 0 aliphatic carbocycles. The number of thioether (sulfide) groups is 1. The Morgan fingerprint density at radius 2 is 2.12 bits per heavy atom. The minimum atomic E-state index is 0.214. The minimum Gasteiger partial charge on any atom is -0.298 e. The highest BCUT2D eigenvalue weighted by molar-refractivity contribution is 8.01. The van der Waals surface area contributed by atoms with Crippen LogP contribution in [0.15, 0.2) is 41.0 Å². The molecule has 1 aromatic heterocycles. The molecule has 82 valence electrons. The highest BCUT2D eigenvalue weighted by Crippen LogP contribution is 2.18. The van der Waals surface area contributed by atoms with E-state index >= 15 is 0 Å². The van der Waals surface area contributed by atoms with Crippen LogP contribution in [0.5, 0.6) is 0 Å². The van der Waals surface area contributed by atoms with Crippen LogP contribution in [0.1, 0.15) is 5.56 Å². The highest BCUT2D eigenvalue weighted by atomic mass is 32.2. The molecule has 2 aromatic rings. The summed E-state index contributed by atoms with van der Waals surface area (Å²) in [6.07, 6.45) is 2.00. The summed E-state index contributed by atoms with van der Waals surface area (Å²) >= 11 is 2.77. The van der Waals surface area contributed by atoms with E-state index in [1.165, 1.54) is 29.6 Å². The lowest BCUT2D eigenvalue weighted by molar-refractivity contribution is -0.116. The van der Waals surface area contributed by atoms with Gasteiger partial charge in [0.1, 0.15) is 12.1 Å². The number of Topliss-reactive ketones (excluding diaryl/α,β-unsaturated/α-hetero) is 1. The van der Waals surface area contributed by atoms with Crippen LogP contribution in [0.2, 0.25) is 0 Å². The molecule has 5 heteroatoms. The van der Waals surface area contributed by atoms with E-state index in [0.717, 1.165) is 9.90 Å². The second kappa shape index (κ2) is 5.77. The molecule has 0 aliphatic rings. The van der Waals surface area contributed by atoms with Crippen LogP contribution < -0.4 is 0 Å². The highest BCUT2D eigenvalue weighted by Gasteiger charge is 2.06. The van der Waals surface area contributed by atoms with E-state index in [-0.39, 0.29) is 5.78 Å². The minimum absolute atomic E-state index is 0.214. The summed E-state index contributed by atoms with van der Waals surface area (Å²) in [6, 6.07) is 9.77. The van der Waals surface area contributed by atoms with Crippen molar-refractivity contribution in [2.24, 2.45) is 0 Å². The monoisotopic (exact) mass is 250 g/mol. The van der Waals surface area contributed by atoms with Gasteiger partial charge in [0.15, 0.2) is 4.34 Å². The van der Waals surface area contributed by atoms with Gasteiger partial charge < -0.3 is 0 Å². The Hall–Kier alpha value is -1.20. The zero-order valence-corrected chi connectivity index (χ0v) is 10.1. The Morgan fingerprint density at radius 1 is 1.31 bits per heavy atom. The van der Waals surface area contributed by atoms with Crippen molar-refractivity contribution in [3.63, 3.8) is 0 Å². The fourth-order valence-electron chi connectivity index (χ4n) is 1.24. The maximum absolute atomic E-state index is 11.6. The summed E-state index contributed by atoms with van der Waals surface area (Å²) in [7, 11) is 0. The third-order valence-electron chi connectivity index (χ3n) is 1.94. The summed E-state index contributed by atoms with van der Waals surface area (Å²) in [5.74, 6) is 0.677. The summed E-state index contributed by atoms with van der Waals surface area (Å²) in [6.45, 7) is 0. The number of nitrogens with zero attached hydrogens (tertiary/aromatic N) is 2. The van der Waals surface area contributed by atoms with Gasteiger partial charge in [0, 0.05) is 6.42 Å². The number of benzene rings is 1. The van der Waals surface area contributed by atoms with Gasteiger partial charge in [-0.3, -0.25) is 4.79 Å². The lowest BCUT2D eigenvalue weighted by Gasteiger charge is -1.99. The Balaban J connectivity index is 1.81. The fraction of sp³-hybridized carbons (Fsp3) is 0.182. The van der Waals surface area contributed by atoms with Gasteiger partial charge in [0.05, 0.1) is 5.75 Å². The van der Waals surface area contributed by atoms with Crippen LogP contribution in [0, 0.1) is 0 Å². The average Bonchev–Trinajstić information content (AvgIpc) is 2.81. The van der Waals surface area contributed by atoms with Crippen molar-refractivity contribution in [1.29, 1.82) is 0 Å². The fourth-order valence-corrected chi connectivity index (χ4v) is 2.55. The van der Waals surface area contributed by atoms with Crippen LogP contribution in [-0.4, -0.2) is 20.9 Å². The second-order valence-electron chi connectivity index (χ2n) is 3.20. The zero-order valence-electron chi connectivity index (χ0n) is 8.50. The molecule has 2 rings (SSSR count). The van der Waals surface area contributed by atoms with Crippen molar-refractivity contribution in [3.8, 4) is 0 Å². The van der Waals surface area contributed by atoms with Crippen LogP contribution >= 0.6 is 23.3 Å². The first-order valence-corrected chi connectivity index (χ1v) is 6.55. The third kappa shape index (κ3) is 3.43. The van der Waals surface area contributed by atoms with E-state index in [1.54, 1.807) is 0 Å². The molecule has 1 aromatic carbocycles. The SMILES string of the molecule is O=C(CSc1ncns1)Cc1ccccc1. The molecule has 0 N–H and O–H groups in total. The van der Waals surface area contributed by atoms with E-state index in [0.29, 0.717) is 12.2 Å². The molecule has 0 saturated heterocycles. The van der Waals surface area contributed by atoms with Crippen LogP contribution in [0.3, 0.4) is 0 Å². The summed E-state index contributed by atoms with van der Waals surface area (Å²) in [5.41, 5.74) is 1.06. The van der Waals surface area contributed by atoms with Gasteiger partial charge in [-0.15, -0.1) is 0 Å². The standard InChI is InChI=1S/C11H10N2OS2/c14-10(6-9-4-2-1-3-5-9)7-15-11-12-8-13-16-11/h1-5,8H,6-7H2. The molecule has 0 aliphatic heterocycles. The van der Waals surface area contributed by atoms with Crippen LogP contribution in [0.4, 0.5) is 0 Å². The molecule has 0 radical (unpaired) electrons. The molecule has 0 saturated carbocycles. The van der Waals surface area contributed by atoms with Crippen molar-refractivity contribution in [2.45, 2.75) is 10.8 Å². The van der Waals surface area contributed by atoms with Gasteiger partial charge in [0.2, 0.25) is 0 Å². The molecule has 3 nitrogen and oxygen atoms in total. The molecule has 0 spiro atoms. The zero-order chi connectivity index (χ0) is 11.2. The smallest absolute Gasteiger partial charge is 0.170 e. The lowest BCUT2D eigenvalue weighted by atomic mass is 10.1. The van der Waals surface area contributed by atoms with Gasteiger partial charge >= 0.3 is 0 Å². The number of carbonyl (C=O) groups is 1. The van der Waals surface area contributed by atoms with E-state index in [1.807, 2.05) is 30.3 Å². The molecule has 0 amide bonds. The van der Waals surface area contributed by atoms with Crippen LogP contribution in [-0.2, 0) is 11.2 Å². The summed E-state index contributed by atoms with van der Waals surface area (Å²) in [4.78, 5) is 15.7. The maximum Gasteiger partial charge on any atom is 0.170 e. The first-order chi connectivity index (χ1) is 7.84. The largest absolute Gasteiger partial charge is 0.298 e. The average molecular weight is 250 g/mol. The van der Waals surface area contributed by atoms with Gasteiger partial charge in [-0.25, -0.2) is 4.98 Å². The Morgan fingerprint density at radius 3 is 2.81 bits per heavy atom. The van der Waals surface area contributed by atoms with E-state index in [9.17, 15) is 4.79 Å². The van der Waals surface area contributed by atoms with Crippen molar-refractivity contribution in [1.82, 2.24) is 9.36 Å². The van der Waals surface area contributed by atoms with E-state index in [2.05, 4.69) is 9.36 Å². The Kier molecular flexibility index (Phi) is 4.07. The maximum atomic E-state index is 11.6. The van der Waals surface area contributed by atoms with Gasteiger partial charge in [0.25, 0.3) is 0 Å². The summed E-state index contributed by atoms with van der Waals surface area (Å²) in [5, 5.41) is 0. The predicted molar refractivity (Wildman–Crippen MR) is 65.8 cm³/mol. The number of hydrogen-bond donors (Lipinski definition) is 0. The molecular formula is C11H10N2OS2. The molecule has 0 unspecified atom stereocenters. The molecule has 16 heavy (non-hydrogen) atoms. The third-order valence-corrected chi connectivity index (χ3v) is 3.80.